The van der Waals surface area contributed by atoms with E-state index >= 15 is 0 Å². The fraction of sp³-hybridized carbons (Fsp3) is 1.00. The maximum Gasteiger partial charge on any atom is 0.277 e. The minimum atomic E-state index is -3.35. The summed E-state index contributed by atoms with van der Waals surface area (Å²) >= 11 is 3.27. The van der Waals surface area contributed by atoms with Gasteiger partial charge >= 0.3 is 0 Å². The van der Waals surface area contributed by atoms with Crippen molar-refractivity contribution in [2.24, 2.45) is 0 Å². The Morgan fingerprint density at radius 2 is 1.62 bits per heavy atom. The highest BCUT2D eigenvalue weighted by Gasteiger charge is 2.07. The molecular formula is C8H18O3S2. The molecule has 0 aliphatic heterocycles. The second kappa shape index (κ2) is 7.64. The largest absolute Gasteiger partial charge is 0.277 e. The van der Waals surface area contributed by atoms with Gasteiger partial charge in [0.2, 0.25) is 0 Å². The molecule has 0 unspecified atom stereocenters. The van der Waals surface area contributed by atoms with Crippen molar-refractivity contribution in [3.8, 4) is 0 Å². The van der Waals surface area contributed by atoms with Gasteiger partial charge < -0.3 is 0 Å². The Morgan fingerprint density at radius 3 is 2.15 bits per heavy atom. The maximum absolute atomic E-state index is 10.8. The van der Waals surface area contributed by atoms with E-state index in [2.05, 4.69) is 23.5 Å². The second-order valence-corrected chi connectivity index (χ2v) is 5.22. The fourth-order valence-electron chi connectivity index (χ4n) is 1.10. The van der Waals surface area contributed by atoms with Crippen LogP contribution in [-0.2, 0) is 13.7 Å². The molecule has 0 aromatic carbocycles. The van der Waals surface area contributed by atoms with Crippen LogP contribution in [0.25, 0.3) is 0 Å². The Morgan fingerprint density at radius 1 is 1.08 bits per heavy atom. The highest BCUT2D eigenvalue weighted by molar-refractivity contribution is 7.95. The van der Waals surface area contributed by atoms with Crippen LogP contribution in [0.5, 0.6) is 0 Å². The van der Waals surface area contributed by atoms with Crippen molar-refractivity contribution >= 4 is 23.0 Å². The van der Waals surface area contributed by atoms with Gasteiger partial charge in [-0.15, -0.1) is 0 Å². The highest BCUT2D eigenvalue weighted by atomic mass is 32.3. The molecule has 13 heavy (non-hydrogen) atoms. The lowest BCUT2D eigenvalue weighted by atomic mass is 10.1. The lowest BCUT2D eigenvalue weighted by Gasteiger charge is -2.00. The molecule has 0 atom stereocenters. The van der Waals surface area contributed by atoms with Crippen molar-refractivity contribution in [3.63, 3.8) is 0 Å². The van der Waals surface area contributed by atoms with E-state index < -0.39 is 10.1 Å². The Balaban J connectivity index is 3.26. The Hall–Kier alpha value is 0.260. The van der Waals surface area contributed by atoms with Crippen molar-refractivity contribution in [1.82, 2.24) is 0 Å². The van der Waals surface area contributed by atoms with Gasteiger partial charge in [-0.1, -0.05) is 39.0 Å². The summed E-state index contributed by atoms with van der Waals surface area (Å²) in [4.78, 5) is 0. The van der Waals surface area contributed by atoms with E-state index in [1.54, 1.807) is 0 Å². The van der Waals surface area contributed by atoms with Crippen LogP contribution < -0.4 is 0 Å². The number of rotatable bonds is 8. The zero-order chi connectivity index (χ0) is 10.2. The first-order chi connectivity index (χ1) is 6.12. The number of unbranched alkanes of at least 4 members (excludes halogenated alkanes) is 5. The van der Waals surface area contributed by atoms with E-state index in [1.165, 1.54) is 19.3 Å². The quantitative estimate of drug-likeness (QED) is 0.393. The lowest BCUT2D eigenvalue weighted by Crippen LogP contribution is -2.04. The summed E-state index contributed by atoms with van der Waals surface area (Å²) in [6.45, 7) is 2.15. The minimum absolute atomic E-state index is 0.0859. The van der Waals surface area contributed by atoms with Gasteiger partial charge in [0.05, 0.1) is 5.75 Å². The summed E-state index contributed by atoms with van der Waals surface area (Å²) in [6, 6.07) is 0. The first-order valence-corrected chi connectivity index (χ1v) is 6.62. The molecule has 0 saturated carbocycles. The van der Waals surface area contributed by atoms with Crippen molar-refractivity contribution < 1.29 is 12.0 Å². The molecule has 0 amide bonds. The molecule has 0 rings (SSSR count). The monoisotopic (exact) mass is 226 g/mol. The predicted molar refractivity (Wildman–Crippen MR) is 57.2 cm³/mol. The number of hydrogen-bond acceptors (Lipinski definition) is 4. The van der Waals surface area contributed by atoms with E-state index in [9.17, 15) is 8.42 Å². The molecule has 0 radical (unpaired) electrons. The lowest BCUT2D eigenvalue weighted by molar-refractivity contribution is 0.515. The highest BCUT2D eigenvalue weighted by Crippen LogP contribution is 2.07. The van der Waals surface area contributed by atoms with E-state index in [-0.39, 0.29) is 5.75 Å². The van der Waals surface area contributed by atoms with Crippen LogP contribution in [0.1, 0.15) is 45.4 Å². The van der Waals surface area contributed by atoms with Crippen molar-refractivity contribution in [3.05, 3.63) is 0 Å². The van der Waals surface area contributed by atoms with Gasteiger partial charge in [-0.25, -0.2) is 3.63 Å². The molecule has 0 aromatic heterocycles. The van der Waals surface area contributed by atoms with Crippen LogP contribution >= 0.6 is 12.9 Å². The fourth-order valence-corrected chi connectivity index (χ4v) is 1.95. The average molecular weight is 226 g/mol. The van der Waals surface area contributed by atoms with E-state index in [0.717, 1.165) is 12.8 Å². The van der Waals surface area contributed by atoms with Crippen molar-refractivity contribution in [1.29, 1.82) is 0 Å². The van der Waals surface area contributed by atoms with E-state index in [1.807, 2.05) is 0 Å². The summed E-state index contributed by atoms with van der Waals surface area (Å²) in [5.41, 5.74) is 0. The average Bonchev–Trinajstić information content (AvgIpc) is 2.11. The molecular weight excluding hydrogens is 208 g/mol. The van der Waals surface area contributed by atoms with E-state index in [0.29, 0.717) is 6.42 Å². The number of hydrogen-bond donors (Lipinski definition) is 1. The predicted octanol–water partition coefficient (Wildman–Crippen LogP) is 2.54. The normalized spacial score (nSPS) is 11.8. The molecule has 3 nitrogen and oxygen atoms in total. The molecule has 80 valence electrons. The molecule has 0 spiro atoms. The van der Waals surface area contributed by atoms with Crippen molar-refractivity contribution in [2.75, 3.05) is 5.75 Å². The molecule has 0 fully saturated rings. The second-order valence-electron chi connectivity index (χ2n) is 3.10. The minimum Gasteiger partial charge on any atom is -0.201 e. The first kappa shape index (κ1) is 13.3. The first-order valence-electron chi connectivity index (χ1n) is 4.68. The van der Waals surface area contributed by atoms with Gasteiger partial charge in [-0.2, -0.15) is 8.42 Å². The van der Waals surface area contributed by atoms with Crippen molar-refractivity contribution in [2.45, 2.75) is 45.4 Å². The van der Waals surface area contributed by atoms with Crippen LogP contribution in [0, 0.1) is 0 Å². The molecule has 0 bridgehead atoms. The molecule has 0 aromatic rings. The molecule has 0 N–H and O–H groups in total. The summed E-state index contributed by atoms with van der Waals surface area (Å²) in [7, 11) is -3.35. The smallest absolute Gasteiger partial charge is 0.201 e. The van der Waals surface area contributed by atoms with Crippen LogP contribution in [0.15, 0.2) is 0 Å². The Bertz CT molecular complexity index is 199. The van der Waals surface area contributed by atoms with Gasteiger partial charge in [-0.3, -0.25) is 0 Å². The molecule has 5 heteroatoms. The third-order valence-corrected chi connectivity index (χ3v) is 3.56. The van der Waals surface area contributed by atoms with Crippen LogP contribution in [0.4, 0.5) is 0 Å². The summed E-state index contributed by atoms with van der Waals surface area (Å²) in [6.07, 6.45) is 6.37. The maximum atomic E-state index is 10.8. The summed E-state index contributed by atoms with van der Waals surface area (Å²) < 4.78 is 25.6. The van der Waals surface area contributed by atoms with Crippen LogP contribution in [0.2, 0.25) is 0 Å². The topological polar surface area (TPSA) is 43.4 Å². The molecule has 0 saturated heterocycles. The van der Waals surface area contributed by atoms with Crippen LogP contribution in [-0.4, -0.2) is 14.2 Å². The van der Waals surface area contributed by atoms with Gasteiger partial charge in [0, 0.05) is 0 Å². The van der Waals surface area contributed by atoms with Gasteiger partial charge in [0.15, 0.2) is 0 Å². The Kier molecular flexibility index (Phi) is 7.80. The standard InChI is InChI=1S/C8H18O3S2/c1-2-3-4-5-6-7-8-13(9,10)11-12/h12H,2-8H2,1H3. The molecule has 0 heterocycles. The zero-order valence-electron chi connectivity index (χ0n) is 8.03. The van der Waals surface area contributed by atoms with Gasteiger partial charge in [0.1, 0.15) is 0 Å². The SMILES string of the molecule is CCCCCCCCS(=O)(=O)OS. The zero-order valence-corrected chi connectivity index (χ0v) is 9.74. The summed E-state index contributed by atoms with van der Waals surface area (Å²) in [5.74, 6) is 0.0859. The van der Waals surface area contributed by atoms with Crippen LogP contribution in [0.3, 0.4) is 0 Å². The third-order valence-electron chi connectivity index (χ3n) is 1.86. The molecule has 0 aliphatic carbocycles. The van der Waals surface area contributed by atoms with Gasteiger partial charge in [-0.05, 0) is 19.3 Å². The molecule has 0 aliphatic rings. The Labute approximate surface area is 86.6 Å². The van der Waals surface area contributed by atoms with E-state index in [4.69, 9.17) is 0 Å². The number of thiol groups is 1. The third kappa shape index (κ3) is 8.59. The van der Waals surface area contributed by atoms with Gasteiger partial charge in [0.25, 0.3) is 10.1 Å². The summed E-state index contributed by atoms with van der Waals surface area (Å²) in [5, 5.41) is 0.